The van der Waals surface area contributed by atoms with Gasteiger partial charge < -0.3 is 4.90 Å². The third kappa shape index (κ3) is 2.89. The maximum atomic E-state index is 4.34. The van der Waals surface area contributed by atoms with Crippen molar-refractivity contribution in [1.29, 1.82) is 0 Å². The summed E-state index contributed by atoms with van der Waals surface area (Å²) in [5.41, 5.74) is 0.546. The maximum Gasteiger partial charge on any atom is 0.225 e. The lowest BCUT2D eigenvalue weighted by Crippen LogP contribution is -2.50. The molecule has 1 atom stereocenters. The molecular formula is C15H24N4. The highest BCUT2D eigenvalue weighted by atomic mass is 15.3. The lowest BCUT2D eigenvalue weighted by Gasteiger charge is -2.38. The summed E-state index contributed by atoms with van der Waals surface area (Å²) in [5, 5.41) is 0. The van der Waals surface area contributed by atoms with E-state index in [1.807, 2.05) is 18.5 Å². The molecule has 1 aliphatic heterocycles. The molecule has 1 aromatic rings. The Morgan fingerprint density at radius 2 is 1.79 bits per heavy atom. The average Bonchev–Trinajstić information content (AvgIpc) is 2.80. The molecule has 0 radical (unpaired) electrons. The highest BCUT2D eigenvalue weighted by Gasteiger charge is 2.35. The lowest BCUT2D eigenvalue weighted by atomic mass is 9.91. The van der Waals surface area contributed by atoms with Gasteiger partial charge in [-0.15, -0.1) is 0 Å². The minimum Gasteiger partial charge on any atom is -0.338 e. The van der Waals surface area contributed by atoms with Gasteiger partial charge in [0.05, 0.1) is 0 Å². The summed E-state index contributed by atoms with van der Waals surface area (Å²) >= 11 is 0. The summed E-state index contributed by atoms with van der Waals surface area (Å²) in [5.74, 6) is 0.883. The Kier molecular flexibility index (Phi) is 3.44. The van der Waals surface area contributed by atoms with Crippen LogP contribution in [0.5, 0.6) is 0 Å². The second kappa shape index (κ2) is 5.08. The molecule has 1 aromatic heterocycles. The van der Waals surface area contributed by atoms with E-state index in [4.69, 9.17) is 0 Å². The first kappa shape index (κ1) is 12.9. The van der Waals surface area contributed by atoms with Crippen LogP contribution in [-0.4, -0.2) is 47.1 Å². The first-order valence-corrected chi connectivity index (χ1v) is 7.40. The van der Waals surface area contributed by atoms with E-state index in [9.17, 15) is 0 Å². The highest BCUT2D eigenvalue weighted by Crippen LogP contribution is 2.39. The number of hydrogen-bond donors (Lipinski definition) is 0. The van der Waals surface area contributed by atoms with Crippen molar-refractivity contribution >= 4 is 5.95 Å². The largest absolute Gasteiger partial charge is 0.338 e. The van der Waals surface area contributed by atoms with Gasteiger partial charge in [-0.3, -0.25) is 4.90 Å². The van der Waals surface area contributed by atoms with Crippen LogP contribution >= 0.6 is 0 Å². The summed E-state index contributed by atoms with van der Waals surface area (Å²) in [4.78, 5) is 13.7. The molecule has 4 heteroatoms. The Bertz CT molecular complexity index is 409. The SMILES string of the molecule is CC1(C)CCC(N2CCN(c3ncccn3)CC2)C1. The van der Waals surface area contributed by atoms with Gasteiger partial charge in [0, 0.05) is 44.6 Å². The fraction of sp³-hybridized carbons (Fsp3) is 0.733. The molecule has 0 spiro atoms. The van der Waals surface area contributed by atoms with Crippen LogP contribution in [0.1, 0.15) is 33.1 Å². The Morgan fingerprint density at radius 1 is 1.11 bits per heavy atom. The molecule has 104 valence electrons. The van der Waals surface area contributed by atoms with Gasteiger partial charge in [0.1, 0.15) is 0 Å². The fourth-order valence-electron chi connectivity index (χ4n) is 3.45. The number of aromatic nitrogens is 2. The molecule has 1 saturated carbocycles. The Balaban J connectivity index is 1.56. The molecule has 1 aliphatic carbocycles. The summed E-state index contributed by atoms with van der Waals surface area (Å²) in [6, 6.07) is 2.68. The maximum absolute atomic E-state index is 4.34. The quantitative estimate of drug-likeness (QED) is 0.816. The number of rotatable bonds is 2. The Labute approximate surface area is 115 Å². The molecule has 3 rings (SSSR count). The first-order chi connectivity index (χ1) is 9.14. The van der Waals surface area contributed by atoms with Gasteiger partial charge in [0.25, 0.3) is 0 Å². The van der Waals surface area contributed by atoms with Crippen LogP contribution in [0.15, 0.2) is 18.5 Å². The molecule has 4 nitrogen and oxygen atoms in total. The minimum absolute atomic E-state index is 0.546. The molecule has 2 fully saturated rings. The van der Waals surface area contributed by atoms with Crippen molar-refractivity contribution in [1.82, 2.24) is 14.9 Å². The van der Waals surface area contributed by atoms with Crippen molar-refractivity contribution in [3.05, 3.63) is 18.5 Å². The van der Waals surface area contributed by atoms with Gasteiger partial charge in [-0.1, -0.05) is 13.8 Å². The lowest BCUT2D eigenvalue weighted by molar-refractivity contribution is 0.175. The predicted molar refractivity (Wildman–Crippen MR) is 77.2 cm³/mol. The zero-order chi connectivity index (χ0) is 13.3. The molecule has 0 amide bonds. The number of hydrogen-bond acceptors (Lipinski definition) is 4. The Hall–Kier alpha value is -1.16. The number of piperazine rings is 1. The molecule has 19 heavy (non-hydrogen) atoms. The van der Waals surface area contributed by atoms with Gasteiger partial charge in [-0.25, -0.2) is 9.97 Å². The van der Waals surface area contributed by atoms with E-state index in [1.54, 1.807) is 0 Å². The van der Waals surface area contributed by atoms with Gasteiger partial charge >= 0.3 is 0 Å². The van der Waals surface area contributed by atoms with Crippen molar-refractivity contribution < 1.29 is 0 Å². The summed E-state index contributed by atoms with van der Waals surface area (Å²) in [6.07, 6.45) is 7.76. The average molecular weight is 260 g/mol. The van der Waals surface area contributed by atoms with E-state index < -0.39 is 0 Å². The fourth-order valence-corrected chi connectivity index (χ4v) is 3.45. The second-order valence-electron chi connectivity index (χ2n) is 6.63. The first-order valence-electron chi connectivity index (χ1n) is 7.40. The highest BCUT2D eigenvalue weighted by molar-refractivity contribution is 5.29. The van der Waals surface area contributed by atoms with E-state index >= 15 is 0 Å². The number of anilines is 1. The van der Waals surface area contributed by atoms with Crippen LogP contribution in [0.25, 0.3) is 0 Å². The van der Waals surface area contributed by atoms with Crippen molar-refractivity contribution in [2.75, 3.05) is 31.1 Å². The summed E-state index contributed by atoms with van der Waals surface area (Å²) < 4.78 is 0. The van der Waals surface area contributed by atoms with Crippen LogP contribution in [0.3, 0.4) is 0 Å². The van der Waals surface area contributed by atoms with Gasteiger partial charge in [0.2, 0.25) is 5.95 Å². The molecule has 1 saturated heterocycles. The standard InChI is InChI=1S/C15H24N4/c1-15(2)5-4-13(12-15)18-8-10-19(11-9-18)14-16-6-3-7-17-14/h3,6-7,13H,4-5,8-12H2,1-2H3. The minimum atomic E-state index is 0.546. The Morgan fingerprint density at radius 3 is 2.37 bits per heavy atom. The van der Waals surface area contributed by atoms with E-state index in [0.717, 1.165) is 38.2 Å². The molecule has 2 aliphatic rings. The molecular weight excluding hydrogens is 236 g/mol. The van der Waals surface area contributed by atoms with Gasteiger partial charge in [0.15, 0.2) is 0 Å². The van der Waals surface area contributed by atoms with Gasteiger partial charge in [-0.2, -0.15) is 0 Å². The van der Waals surface area contributed by atoms with Crippen molar-refractivity contribution in [2.24, 2.45) is 5.41 Å². The zero-order valence-corrected chi connectivity index (χ0v) is 12.0. The summed E-state index contributed by atoms with van der Waals surface area (Å²) in [6.45, 7) is 9.22. The normalized spacial score (nSPS) is 27.7. The number of nitrogens with zero attached hydrogens (tertiary/aromatic N) is 4. The molecule has 1 unspecified atom stereocenters. The third-order valence-electron chi connectivity index (χ3n) is 4.61. The summed E-state index contributed by atoms with van der Waals surface area (Å²) in [7, 11) is 0. The van der Waals surface area contributed by atoms with Crippen molar-refractivity contribution in [3.63, 3.8) is 0 Å². The van der Waals surface area contributed by atoms with Crippen LogP contribution in [0, 0.1) is 5.41 Å². The second-order valence-corrected chi connectivity index (χ2v) is 6.63. The van der Waals surface area contributed by atoms with E-state index in [0.29, 0.717) is 5.41 Å². The smallest absolute Gasteiger partial charge is 0.225 e. The third-order valence-corrected chi connectivity index (χ3v) is 4.61. The van der Waals surface area contributed by atoms with Crippen molar-refractivity contribution in [3.8, 4) is 0 Å². The van der Waals surface area contributed by atoms with Gasteiger partial charge in [-0.05, 0) is 30.7 Å². The van der Waals surface area contributed by atoms with Crippen LogP contribution in [-0.2, 0) is 0 Å². The van der Waals surface area contributed by atoms with E-state index in [1.165, 1.54) is 19.3 Å². The van der Waals surface area contributed by atoms with Crippen LogP contribution in [0.4, 0.5) is 5.95 Å². The van der Waals surface area contributed by atoms with Crippen LogP contribution < -0.4 is 4.90 Å². The molecule has 0 N–H and O–H groups in total. The van der Waals surface area contributed by atoms with Crippen LogP contribution in [0.2, 0.25) is 0 Å². The molecule has 0 bridgehead atoms. The van der Waals surface area contributed by atoms with E-state index in [-0.39, 0.29) is 0 Å². The monoisotopic (exact) mass is 260 g/mol. The zero-order valence-electron chi connectivity index (χ0n) is 12.0. The topological polar surface area (TPSA) is 32.3 Å². The predicted octanol–water partition coefficient (Wildman–Crippen LogP) is 2.18. The van der Waals surface area contributed by atoms with E-state index in [2.05, 4.69) is 33.6 Å². The molecule has 2 heterocycles. The molecule has 0 aromatic carbocycles. The van der Waals surface area contributed by atoms with Crippen molar-refractivity contribution in [2.45, 2.75) is 39.2 Å².